The van der Waals surface area contributed by atoms with Gasteiger partial charge >= 0.3 is 0 Å². The second kappa shape index (κ2) is 5.96. The van der Waals surface area contributed by atoms with Crippen LogP contribution in [0.4, 0.5) is 11.4 Å². The number of rotatable bonds is 3. The van der Waals surface area contributed by atoms with Gasteiger partial charge in [-0.15, -0.1) is 0 Å². The molecule has 0 aliphatic heterocycles. The Kier molecular flexibility index (Phi) is 4.29. The molecule has 0 saturated carbocycles. The Morgan fingerprint density at radius 1 is 1.20 bits per heavy atom. The van der Waals surface area contributed by atoms with Gasteiger partial charge in [0.2, 0.25) is 0 Å². The number of halogens is 1. The van der Waals surface area contributed by atoms with Crippen LogP contribution in [0, 0.1) is 6.92 Å². The number of hydrogen-bond acceptors (Lipinski definition) is 3. The van der Waals surface area contributed by atoms with E-state index in [2.05, 4.69) is 21.2 Å². The van der Waals surface area contributed by atoms with E-state index in [1.165, 1.54) is 0 Å². The van der Waals surface area contributed by atoms with Gasteiger partial charge in [0.05, 0.1) is 7.11 Å². The molecule has 0 bridgehead atoms. The fourth-order valence-corrected chi connectivity index (χ4v) is 2.37. The van der Waals surface area contributed by atoms with E-state index in [-0.39, 0.29) is 5.91 Å². The number of nitrogens with two attached hydrogens (primary N) is 1. The first-order valence-electron chi connectivity index (χ1n) is 6.01. The largest absolute Gasteiger partial charge is 0.497 e. The fraction of sp³-hybridized carbons (Fsp3) is 0.133. The molecule has 104 valence electrons. The monoisotopic (exact) mass is 334 g/mol. The van der Waals surface area contributed by atoms with Crippen LogP contribution in [0.25, 0.3) is 0 Å². The quantitative estimate of drug-likeness (QED) is 0.843. The SMILES string of the molecule is COc1cc(Br)cc(NC(=O)c2cc(C)cc(N)c2)c1. The number of hydrogen-bond donors (Lipinski definition) is 2. The van der Waals surface area contributed by atoms with Crippen LogP contribution < -0.4 is 15.8 Å². The maximum absolute atomic E-state index is 12.2. The summed E-state index contributed by atoms with van der Waals surface area (Å²) in [6.07, 6.45) is 0. The topological polar surface area (TPSA) is 64.3 Å². The van der Waals surface area contributed by atoms with Crippen molar-refractivity contribution in [1.29, 1.82) is 0 Å². The highest BCUT2D eigenvalue weighted by Crippen LogP contribution is 2.25. The van der Waals surface area contributed by atoms with Gasteiger partial charge in [-0.3, -0.25) is 4.79 Å². The Labute approximate surface area is 126 Å². The highest BCUT2D eigenvalue weighted by molar-refractivity contribution is 9.10. The molecule has 0 aromatic heterocycles. The molecule has 0 aliphatic rings. The second-order valence-electron chi connectivity index (χ2n) is 4.47. The van der Waals surface area contributed by atoms with E-state index >= 15 is 0 Å². The highest BCUT2D eigenvalue weighted by Gasteiger charge is 2.09. The van der Waals surface area contributed by atoms with Crippen molar-refractivity contribution < 1.29 is 9.53 Å². The van der Waals surface area contributed by atoms with Crippen LogP contribution in [0.5, 0.6) is 5.75 Å². The van der Waals surface area contributed by atoms with E-state index < -0.39 is 0 Å². The van der Waals surface area contributed by atoms with Crippen LogP contribution in [-0.4, -0.2) is 13.0 Å². The third kappa shape index (κ3) is 3.51. The average Bonchev–Trinajstić information content (AvgIpc) is 2.36. The number of nitrogens with one attached hydrogen (secondary N) is 1. The van der Waals surface area contributed by atoms with Crippen LogP contribution >= 0.6 is 15.9 Å². The molecule has 4 nitrogen and oxygen atoms in total. The number of ether oxygens (including phenoxy) is 1. The normalized spacial score (nSPS) is 10.2. The lowest BCUT2D eigenvalue weighted by molar-refractivity contribution is 0.102. The first kappa shape index (κ1) is 14.4. The molecule has 5 heteroatoms. The first-order chi connectivity index (χ1) is 9.47. The maximum atomic E-state index is 12.2. The van der Waals surface area contributed by atoms with Gasteiger partial charge in [0.15, 0.2) is 0 Å². The van der Waals surface area contributed by atoms with Crippen molar-refractivity contribution in [2.24, 2.45) is 0 Å². The van der Waals surface area contributed by atoms with Crippen LogP contribution in [-0.2, 0) is 0 Å². The van der Waals surface area contributed by atoms with Crippen molar-refractivity contribution in [2.75, 3.05) is 18.2 Å². The molecular weight excluding hydrogens is 320 g/mol. The van der Waals surface area contributed by atoms with E-state index in [4.69, 9.17) is 10.5 Å². The standard InChI is InChI=1S/C15H15BrN2O2/c1-9-3-10(5-12(17)4-9)15(19)18-13-6-11(16)7-14(8-13)20-2/h3-8H,17H2,1-2H3,(H,18,19). The minimum Gasteiger partial charge on any atom is -0.497 e. The second-order valence-corrected chi connectivity index (χ2v) is 5.38. The lowest BCUT2D eigenvalue weighted by atomic mass is 10.1. The average molecular weight is 335 g/mol. The van der Waals surface area contributed by atoms with Gasteiger partial charge in [-0.2, -0.15) is 0 Å². The van der Waals surface area contributed by atoms with Gasteiger partial charge in [-0.25, -0.2) is 0 Å². The smallest absolute Gasteiger partial charge is 0.255 e. The zero-order chi connectivity index (χ0) is 14.7. The first-order valence-corrected chi connectivity index (χ1v) is 6.80. The number of anilines is 2. The summed E-state index contributed by atoms with van der Waals surface area (Å²) >= 11 is 3.37. The summed E-state index contributed by atoms with van der Waals surface area (Å²) in [7, 11) is 1.58. The Bertz CT molecular complexity index is 636. The predicted molar refractivity (Wildman–Crippen MR) is 84.2 cm³/mol. The Morgan fingerprint density at radius 2 is 1.95 bits per heavy atom. The van der Waals surface area contributed by atoms with Crippen LogP contribution in [0.3, 0.4) is 0 Å². The zero-order valence-electron chi connectivity index (χ0n) is 11.2. The molecule has 0 atom stereocenters. The fourth-order valence-electron chi connectivity index (χ4n) is 1.90. The maximum Gasteiger partial charge on any atom is 0.255 e. The van der Waals surface area contributed by atoms with Crippen molar-refractivity contribution in [2.45, 2.75) is 6.92 Å². The van der Waals surface area contributed by atoms with Crippen molar-refractivity contribution in [3.05, 3.63) is 52.0 Å². The van der Waals surface area contributed by atoms with Crippen LogP contribution in [0.15, 0.2) is 40.9 Å². The summed E-state index contributed by atoms with van der Waals surface area (Å²) in [5, 5.41) is 2.82. The molecule has 3 N–H and O–H groups in total. The van der Waals surface area contributed by atoms with E-state index in [0.29, 0.717) is 22.7 Å². The number of benzene rings is 2. The molecule has 0 saturated heterocycles. The minimum absolute atomic E-state index is 0.208. The van der Waals surface area contributed by atoms with Crippen molar-refractivity contribution >= 4 is 33.2 Å². The van der Waals surface area contributed by atoms with Crippen molar-refractivity contribution in [3.63, 3.8) is 0 Å². The van der Waals surface area contributed by atoms with E-state index in [1.807, 2.05) is 19.1 Å². The zero-order valence-corrected chi connectivity index (χ0v) is 12.8. The third-order valence-electron chi connectivity index (χ3n) is 2.73. The lowest BCUT2D eigenvalue weighted by Crippen LogP contribution is -2.12. The molecule has 2 aromatic rings. The third-order valence-corrected chi connectivity index (χ3v) is 3.18. The molecule has 0 unspecified atom stereocenters. The van der Waals surface area contributed by atoms with Gasteiger partial charge < -0.3 is 15.8 Å². The lowest BCUT2D eigenvalue weighted by Gasteiger charge is -2.09. The van der Waals surface area contributed by atoms with Gasteiger partial charge in [-0.1, -0.05) is 15.9 Å². The Hall–Kier alpha value is -2.01. The molecule has 1 amide bonds. The van der Waals surface area contributed by atoms with Gasteiger partial charge in [-0.05, 0) is 42.8 Å². The number of methoxy groups -OCH3 is 1. The summed E-state index contributed by atoms with van der Waals surface area (Å²) in [6, 6.07) is 10.6. The van der Waals surface area contributed by atoms with Gasteiger partial charge in [0.1, 0.15) is 5.75 Å². The Morgan fingerprint density at radius 3 is 2.60 bits per heavy atom. The highest BCUT2D eigenvalue weighted by atomic mass is 79.9. The molecule has 20 heavy (non-hydrogen) atoms. The number of nitrogen functional groups attached to an aromatic ring is 1. The molecule has 0 spiro atoms. The predicted octanol–water partition coefficient (Wildman–Crippen LogP) is 3.60. The number of amides is 1. The molecule has 0 fully saturated rings. The number of aryl methyl sites for hydroxylation is 1. The summed E-state index contributed by atoms with van der Waals surface area (Å²) < 4.78 is 5.99. The molecule has 2 rings (SSSR count). The van der Waals surface area contributed by atoms with E-state index in [9.17, 15) is 4.79 Å². The molecule has 2 aromatic carbocycles. The summed E-state index contributed by atoms with van der Waals surface area (Å²) in [5.41, 5.74) is 8.45. The summed E-state index contributed by atoms with van der Waals surface area (Å²) in [6.45, 7) is 1.90. The minimum atomic E-state index is -0.208. The van der Waals surface area contributed by atoms with Crippen molar-refractivity contribution in [3.8, 4) is 5.75 Å². The summed E-state index contributed by atoms with van der Waals surface area (Å²) in [4.78, 5) is 12.2. The van der Waals surface area contributed by atoms with Gasteiger partial charge in [0.25, 0.3) is 5.91 Å². The van der Waals surface area contributed by atoms with Crippen molar-refractivity contribution in [1.82, 2.24) is 0 Å². The van der Waals surface area contributed by atoms with Gasteiger partial charge in [0, 0.05) is 27.5 Å². The number of carbonyl (C=O) groups is 1. The summed E-state index contributed by atoms with van der Waals surface area (Å²) in [5.74, 6) is 0.457. The van der Waals surface area contributed by atoms with E-state index in [1.54, 1.807) is 31.4 Å². The molecular formula is C15H15BrN2O2. The molecule has 0 heterocycles. The number of carbonyl (C=O) groups excluding carboxylic acids is 1. The molecule has 0 radical (unpaired) electrons. The van der Waals surface area contributed by atoms with Crippen LogP contribution in [0.1, 0.15) is 15.9 Å². The molecule has 0 aliphatic carbocycles. The van der Waals surface area contributed by atoms with Crippen LogP contribution in [0.2, 0.25) is 0 Å². The Balaban J connectivity index is 2.25. The van der Waals surface area contributed by atoms with E-state index in [0.717, 1.165) is 10.0 Å².